The van der Waals surface area contributed by atoms with Crippen LogP contribution in [-0.4, -0.2) is 30.1 Å². The third-order valence-electron chi connectivity index (χ3n) is 3.08. The highest BCUT2D eigenvalue weighted by atomic mass is 16.5. The average molecular weight is 278 g/mol. The molecule has 110 valence electrons. The van der Waals surface area contributed by atoms with E-state index in [-0.39, 0.29) is 5.91 Å². The Balaban J connectivity index is 2.72. The molecule has 0 aliphatic carbocycles. The van der Waals surface area contributed by atoms with Gasteiger partial charge in [0.25, 0.3) is 5.91 Å². The summed E-state index contributed by atoms with van der Waals surface area (Å²) in [6.45, 7) is 8.38. The number of nitrogens with zero attached hydrogens (tertiary/aromatic N) is 1. The van der Waals surface area contributed by atoms with Gasteiger partial charge in [-0.1, -0.05) is 6.08 Å². The fourth-order valence-electron chi connectivity index (χ4n) is 2.27. The van der Waals surface area contributed by atoms with Crippen LogP contribution in [-0.2, 0) is 9.53 Å². The zero-order valence-electron chi connectivity index (χ0n) is 12.7. The number of aromatic nitrogens is 1. The summed E-state index contributed by atoms with van der Waals surface area (Å²) in [5.41, 5.74) is 2.68. The number of carbonyl (C=O) groups is 2. The molecule has 0 radical (unpaired) electrons. The zero-order chi connectivity index (χ0) is 15.3. The van der Waals surface area contributed by atoms with Gasteiger partial charge in [0, 0.05) is 30.1 Å². The van der Waals surface area contributed by atoms with Crippen LogP contribution < -0.4 is 5.32 Å². The quantitative estimate of drug-likeness (QED) is 0.663. The second-order valence-electron chi connectivity index (χ2n) is 4.88. The number of ether oxygens (including phenoxy) is 1. The molecule has 0 saturated heterocycles. The number of hydrogen-bond donors (Lipinski definition) is 1. The van der Waals surface area contributed by atoms with Gasteiger partial charge in [-0.05, 0) is 33.8 Å². The van der Waals surface area contributed by atoms with Crippen molar-refractivity contribution in [2.24, 2.45) is 0 Å². The summed E-state index contributed by atoms with van der Waals surface area (Å²) in [6, 6.07) is 2.20. The molecule has 1 aromatic heterocycles. The number of aryl methyl sites for hydroxylation is 1. The number of rotatable bonds is 5. The monoisotopic (exact) mass is 278 g/mol. The normalized spacial score (nSPS) is 11.1. The molecule has 0 spiro atoms. The van der Waals surface area contributed by atoms with Crippen LogP contribution in [0.5, 0.6) is 0 Å². The van der Waals surface area contributed by atoms with Crippen molar-refractivity contribution >= 4 is 11.9 Å². The van der Waals surface area contributed by atoms with Gasteiger partial charge in [-0.15, -0.1) is 0 Å². The van der Waals surface area contributed by atoms with Crippen molar-refractivity contribution in [3.8, 4) is 0 Å². The van der Waals surface area contributed by atoms with Crippen molar-refractivity contribution in [3.63, 3.8) is 0 Å². The van der Waals surface area contributed by atoms with E-state index >= 15 is 0 Å². The maximum Gasteiger partial charge on any atom is 0.330 e. The molecule has 0 aromatic carbocycles. The summed E-state index contributed by atoms with van der Waals surface area (Å²) >= 11 is 0. The van der Waals surface area contributed by atoms with Gasteiger partial charge in [-0.25, -0.2) is 4.79 Å². The molecular formula is C15H22N2O3. The first kappa shape index (κ1) is 16.0. The molecule has 5 nitrogen and oxygen atoms in total. The summed E-state index contributed by atoms with van der Waals surface area (Å²) in [6.07, 6.45) is 2.85. The third-order valence-corrected chi connectivity index (χ3v) is 3.08. The van der Waals surface area contributed by atoms with E-state index < -0.39 is 5.97 Å². The Hall–Kier alpha value is -2.04. The fourth-order valence-corrected chi connectivity index (χ4v) is 2.27. The highest BCUT2D eigenvalue weighted by Crippen LogP contribution is 2.19. The molecule has 1 rings (SSSR count). The number of methoxy groups -OCH3 is 1. The molecule has 0 fully saturated rings. The molecular weight excluding hydrogens is 256 g/mol. The van der Waals surface area contributed by atoms with Gasteiger partial charge in [0.15, 0.2) is 0 Å². The smallest absolute Gasteiger partial charge is 0.330 e. The number of amides is 1. The van der Waals surface area contributed by atoms with E-state index in [0.29, 0.717) is 18.2 Å². The van der Waals surface area contributed by atoms with Gasteiger partial charge < -0.3 is 14.6 Å². The zero-order valence-corrected chi connectivity index (χ0v) is 12.7. The molecule has 1 N–H and O–H groups in total. The van der Waals surface area contributed by atoms with Gasteiger partial charge >= 0.3 is 5.97 Å². The Morgan fingerprint density at radius 1 is 1.40 bits per heavy atom. The molecule has 1 heterocycles. The number of carbonyl (C=O) groups excluding carboxylic acids is 2. The number of esters is 1. The first-order valence-corrected chi connectivity index (χ1v) is 6.59. The van der Waals surface area contributed by atoms with Crippen LogP contribution in [0, 0.1) is 13.8 Å². The average Bonchev–Trinajstić information content (AvgIpc) is 2.69. The minimum atomic E-state index is -0.433. The van der Waals surface area contributed by atoms with Crippen LogP contribution in [0.3, 0.4) is 0 Å². The summed E-state index contributed by atoms with van der Waals surface area (Å²) in [7, 11) is 1.31. The molecule has 20 heavy (non-hydrogen) atoms. The highest BCUT2D eigenvalue weighted by molar-refractivity contribution is 5.95. The maximum atomic E-state index is 12.1. The molecule has 1 amide bonds. The van der Waals surface area contributed by atoms with Crippen LogP contribution >= 0.6 is 0 Å². The van der Waals surface area contributed by atoms with E-state index in [1.807, 2.05) is 19.9 Å². The van der Waals surface area contributed by atoms with E-state index in [0.717, 1.165) is 11.4 Å². The van der Waals surface area contributed by atoms with Crippen molar-refractivity contribution in [1.29, 1.82) is 0 Å². The first-order chi connectivity index (χ1) is 9.38. The topological polar surface area (TPSA) is 60.3 Å². The SMILES string of the molecule is COC(=O)/C=C/CNC(=O)c1cc(C)n(C(C)C)c1C. The largest absolute Gasteiger partial charge is 0.466 e. The first-order valence-electron chi connectivity index (χ1n) is 6.59. The molecule has 0 aliphatic heterocycles. The Kier molecular flexibility index (Phi) is 5.55. The number of hydrogen-bond acceptors (Lipinski definition) is 3. The van der Waals surface area contributed by atoms with E-state index in [9.17, 15) is 9.59 Å². The summed E-state index contributed by atoms with van der Waals surface area (Å²) < 4.78 is 6.59. The Morgan fingerprint density at radius 3 is 2.55 bits per heavy atom. The van der Waals surface area contributed by atoms with Gasteiger partial charge in [0.2, 0.25) is 0 Å². The van der Waals surface area contributed by atoms with E-state index in [4.69, 9.17) is 0 Å². The predicted octanol–water partition coefficient (Wildman–Crippen LogP) is 2.14. The minimum absolute atomic E-state index is 0.139. The van der Waals surface area contributed by atoms with Crippen molar-refractivity contribution in [2.75, 3.05) is 13.7 Å². The summed E-state index contributed by atoms with van der Waals surface area (Å²) in [5, 5.41) is 2.75. The van der Waals surface area contributed by atoms with E-state index in [2.05, 4.69) is 28.5 Å². The lowest BCUT2D eigenvalue weighted by Crippen LogP contribution is -2.24. The molecule has 0 atom stereocenters. The van der Waals surface area contributed by atoms with Crippen molar-refractivity contribution in [1.82, 2.24) is 9.88 Å². The Labute approximate surface area is 119 Å². The van der Waals surface area contributed by atoms with Crippen molar-refractivity contribution in [3.05, 3.63) is 35.2 Å². The van der Waals surface area contributed by atoms with E-state index in [1.165, 1.54) is 13.2 Å². The lowest BCUT2D eigenvalue weighted by atomic mass is 10.2. The van der Waals surface area contributed by atoms with Gasteiger partial charge in [-0.2, -0.15) is 0 Å². The highest BCUT2D eigenvalue weighted by Gasteiger charge is 2.16. The molecule has 0 bridgehead atoms. The molecule has 5 heteroatoms. The van der Waals surface area contributed by atoms with Crippen LogP contribution in [0.2, 0.25) is 0 Å². The Morgan fingerprint density at radius 2 is 2.05 bits per heavy atom. The molecule has 0 saturated carbocycles. The van der Waals surface area contributed by atoms with Crippen molar-refractivity contribution < 1.29 is 14.3 Å². The summed E-state index contributed by atoms with van der Waals surface area (Å²) in [5.74, 6) is -0.572. The lowest BCUT2D eigenvalue weighted by Gasteiger charge is -2.13. The standard InChI is InChI=1S/C15H22N2O3/c1-10(2)17-11(3)9-13(12(17)4)15(19)16-8-6-7-14(18)20-5/h6-7,9-10H,8H2,1-5H3,(H,16,19)/b7-6+. The molecule has 0 aliphatic rings. The van der Waals surface area contributed by atoms with Gasteiger partial charge in [0.05, 0.1) is 12.7 Å². The van der Waals surface area contributed by atoms with Crippen LogP contribution in [0.25, 0.3) is 0 Å². The third kappa shape index (κ3) is 3.73. The summed E-state index contributed by atoms with van der Waals surface area (Å²) in [4.78, 5) is 23.0. The molecule has 0 unspecified atom stereocenters. The van der Waals surface area contributed by atoms with E-state index in [1.54, 1.807) is 6.08 Å². The van der Waals surface area contributed by atoms with Crippen LogP contribution in [0.4, 0.5) is 0 Å². The van der Waals surface area contributed by atoms with Gasteiger partial charge in [-0.3, -0.25) is 4.79 Å². The number of nitrogens with one attached hydrogen (secondary N) is 1. The van der Waals surface area contributed by atoms with Crippen LogP contribution in [0.15, 0.2) is 18.2 Å². The minimum Gasteiger partial charge on any atom is -0.466 e. The second kappa shape index (κ2) is 6.93. The van der Waals surface area contributed by atoms with Crippen LogP contribution in [0.1, 0.15) is 41.6 Å². The Bertz CT molecular complexity index is 527. The fraction of sp³-hybridized carbons (Fsp3) is 0.467. The predicted molar refractivity (Wildman–Crippen MR) is 77.8 cm³/mol. The second-order valence-corrected chi connectivity index (χ2v) is 4.88. The van der Waals surface area contributed by atoms with Crippen molar-refractivity contribution in [2.45, 2.75) is 33.7 Å². The van der Waals surface area contributed by atoms with Gasteiger partial charge in [0.1, 0.15) is 0 Å². The molecule has 1 aromatic rings. The maximum absolute atomic E-state index is 12.1. The lowest BCUT2D eigenvalue weighted by molar-refractivity contribution is -0.134.